The topological polar surface area (TPSA) is 75.1 Å². The lowest BCUT2D eigenvalue weighted by Gasteiger charge is -2.11. The minimum absolute atomic E-state index is 0.0514. The van der Waals surface area contributed by atoms with Crippen LogP contribution in [0.3, 0.4) is 0 Å². The largest absolute Gasteiger partial charge is 0.574 e. The molecule has 0 amide bonds. The highest BCUT2D eigenvalue weighted by Crippen LogP contribution is 2.24. The van der Waals surface area contributed by atoms with Crippen LogP contribution in [0.25, 0.3) is 0 Å². The van der Waals surface area contributed by atoms with E-state index in [-0.39, 0.29) is 17.7 Å². The third-order valence-electron chi connectivity index (χ3n) is 1.77. The van der Waals surface area contributed by atoms with Gasteiger partial charge in [0.15, 0.2) is 0 Å². The van der Waals surface area contributed by atoms with Crippen molar-refractivity contribution in [1.29, 1.82) is 5.26 Å². The first-order chi connectivity index (χ1) is 7.87. The van der Waals surface area contributed by atoms with Gasteiger partial charge >= 0.3 is 6.36 Å². The third kappa shape index (κ3) is 3.41. The van der Waals surface area contributed by atoms with Gasteiger partial charge in [0, 0.05) is 6.07 Å². The molecule has 0 aromatic carbocycles. The van der Waals surface area contributed by atoms with Crippen LogP contribution in [0, 0.1) is 11.3 Å². The second-order valence-electron chi connectivity index (χ2n) is 2.89. The molecule has 17 heavy (non-hydrogen) atoms. The number of nitrogens with one attached hydrogen (secondary N) is 1. The Morgan fingerprint density at radius 3 is 2.65 bits per heavy atom. The number of halogens is 3. The van der Waals surface area contributed by atoms with E-state index >= 15 is 0 Å². The number of aromatic nitrogens is 1. The van der Waals surface area contributed by atoms with E-state index in [4.69, 9.17) is 10.00 Å². The number of nitriles is 1. The molecule has 1 aromatic heterocycles. The SMILES string of the molecule is COc1cc(OC(F)(F)F)[nH]c(=O)c1CC#N. The Kier molecular flexibility index (Phi) is 3.62. The molecular weight excluding hydrogens is 241 g/mol. The van der Waals surface area contributed by atoms with Crippen LogP contribution in [-0.2, 0) is 6.42 Å². The van der Waals surface area contributed by atoms with Gasteiger partial charge in [0.1, 0.15) is 5.75 Å². The summed E-state index contributed by atoms with van der Waals surface area (Å²) in [6.45, 7) is 0. The summed E-state index contributed by atoms with van der Waals surface area (Å²) in [5.74, 6) is -0.921. The molecule has 0 unspecified atom stereocenters. The van der Waals surface area contributed by atoms with Gasteiger partial charge in [-0.1, -0.05) is 0 Å². The fourth-order valence-corrected chi connectivity index (χ4v) is 1.15. The Balaban J connectivity index is 3.19. The predicted octanol–water partition coefficient (Wildman–Crippen LogP) is 1.35. The highest BCUT2D eigenvalue weighted by Gasteiger charge is 2.32. The first kappa shape index (κ1) is 12.9. The number of aromatic amines is 1. The first-order valence-corrected chi connectivity index (χ1v) is 4.30. The van der Waals surface area contributed by atoms with E-state index in [1.54, 1.807) is 6.07 Å². The second kappa shape index (κ2) is 4.78. The predicted molar refractivity (Wildman–Crippen MR) is 49.6 cm³/mol. The van der Waals surface area contributed by atoms with Crippen molar-refractivity contribution in [3.8, 4) is 17.7 Å². The second-order valence-corrected chi connectivity index (χ2v) is 2.89. The van der Waals surface area contributed by atoms with E-state index in [2.05, 4.69) is 4.74 Å². The minimum atomic E-state index is -4.91. The minimum Gasteiger partial charge on any atom is -0.496 e. The molecule has 1 heterocycles. The fourth-order valence-electron chi connectivity index (χ4n) is 1.15. The summed E-state index contributed by atoms with van der Waals surface area (Å²) < 4.78 is 44.0. The van der Waals surface area contributed by atoms with Gasteiger partial charge in [0.2, 0.25) is 5.88 Å². The molecular formula is C9H7F3N2O3. The van der Waals surface area contributed by atoms with E-state index in [1.165, 1.54) is 7.11 Å². The summed E-state index contributed by atoms with van der Waals surface area (Å²) in [7, 11) is 1.17. The number of nitrogens with zero attached hydrogens (tertiary/aromatic N) is 1. The lowest BCUT2D eigenvalue weighted by molar-refractivity contribution is -0.276. The molecule has 0 atom stereocenters. The molecule has 1 rings (SSSR count). The fraction of sp³-hybridized carbons (Fsp3) is 0.333. The van der Waals surface area contributed by atoms with Gasteiger partial charge in [0.05, 0.1) is 25.2 Å². The molecule has 0 spiro atoms. The molecule has 8 heteroatoms. The summed E-state index contributed by atoms with van der Waals surface area (Å²) in [4.78, 5) is 13.2. The summed E-state index contributed by atoms with van der Waals surface area (Å²) in [6, 6.07) is 2.57. The van der Waals surface area contributed by atoms with Crippen LogP contribution < -0.4 is 15.0 Å². The Bertz CT molecular complexity index is 502. The average Bonchev–Trinajstić information content (AvgIpc) is 2.19. The number of rotatable bonds is 3. The van der Waals surface area contributed by atoms with E-state index < -0.39 is 17.8 Å². The number of H-pyrrole nitrogens is 1. The molecule has 92 valence electrons. The number of alkyl halides is 3. The first-order valence-electron chi connectivity index (χ1n) is 4.30. The average molecular weight is 248 g/mol. The Morgan fingerprint density at radius 1 is 1.53 bits per heavy atom. The number of hydrogen-bond acceptors (Lipinski definition) is 4. The highest BCUT2D eigenvalue weighted by atomic mass is 19.4. The molecule has 1 N–H and O–H groups in total. The molecule has 0 radical (unpaired) electrons. The van der Waals surface area contributed by atoms with Crippen molar-refractivity contribution in [2.75, 3.05) is 7.11 Å². The van der Waals surface area contributed by atoms with E-state index in [9.17, 15) is 18.0 Å². The molecule has 0 bridgehead atoms. The van der Waals surface area contributed by atoms with Gasteiger partial charge in [-0.25, -0.2) is 0 Å². The summed E-state index contributed by atoms with van der Waals surface area (Å²) in [5.41, 5.74) is -0.908. The van der Waals surface area contributed by atoms with Crippen LogP contribution in [0.15, 0.2) is 10.9 Å². The maximum atomic E-state index is 11.9. The van der Waals surface area contributed by atoms with Gasteiger partial charge < -0.3 is 9.47 Å². The monoisotopic (exact) mass is 248 g/mol. The third-order valence-corrected chi connectivity index (χ3v) is 1.77. The van der Waals surface area contributed by atoms with Crippen LogP contribution in [0.2, 0.25) is 0 Å². The van der Waals surface area contributed by atoms with Crippen molar-refractivity contribution in [2.45, 2.75) is 12.8 Å². The quantitative estimate of drug-likeness (QED) is 0.875. The van der Waals surface area contributed by atoms with Crippen LogP contribution >= 0.6 is 0 Å². The lowest BCUT2D eigenvalue weighted by atomic mass is 10.2. The number of hydrogen-bond donors (Lipinski definition) is 1. The van der Waals surface area contributed by atoms with E-state index in [0.717, 1.165) is 6.07 Å². The smallest absolute Gasteiger partial charge is 0.496 e. The number of ether oxygens (including phenoxy) is 2. The molecule has 0 aliphatic rings. The zero-order valence-electron chi connectivity index (χ0n) is 8.59. The standard InChI is InChI=1S/C9H7F3N2O3/c1-16-6-4-7(17-9(10,11)12)14-8(15)5(6)2-3-13/h4H,2H2,1H3,(H,14,15). The highest BCUT2D eigenvalue weighted by molar-refractivity contribution is 5.37. The van der Waals surface area contributed by atoms with E-state index in [1.807, 2.05) is 4.98 Å². The van der Waals surface area contributed by atoms with Crippen LogP contribution in [0.4, 0.5) is 13.2 Å². The van der Waals surface area contributed by atoms with Crippen molar-refractivity contribution in [3.05, 3.63) is 22.0 Å². The maximum Gasteiger partial charge on any atom is 0.574 e. The van der Waals surface area contributed by atoms with E-state index in [0.29, 0.717) is 0 Å². The van der Waals surface area contributed by atoms with Gasteiger partial charge in [-0.2, -0.15) is 5.26 Å². The Morgan fingerprint density at radius 2 is 2.18 bits per heavy atom. The Labute approximate surface area is 93.4 Å². The van der Waals surface area contributed by atoms with Crippen LogP contribution in [-0.4, -0.2) is 18.5 Å². The zero-order chi connectivity index (χ0) is 13.1. The van der Waals surface area contributed by atoms with Crippen molar-refractivity contribution < 1.29 is 22.6 Å². The Hall–Kier alpha value is -2.17. The van der Waals surface area contributed by atoms with Crippen LogP contribution in [0.5, 0.6) is 11.6 Å². The molecule has 0 aliphatic carbocycles. The van der Waals surface area contributed by atoms with Crippen molar-refractivity contribution in [3.63, 3.8) is 0 Å². The molecule has 5 nitrogen and oxygen atoms in total. The van der Waals surface area contributed by atoms with Gasteiger partial charge in [-0.3, -0.25) is 9.78 Å². The number of pyridine rings is 1. The lowest BCUT2D eigenvalue weighted by Crippen LogP contribution is -2.22. The normalized spacial score (nSPS) is 10.8. The van der Waals surface area contributed by atoms with Crippen molar-refractivity contribution in [2.24, 2.45) is 0 Å². The molecule has 0 saturated heterocycles. The molecule has 0 fully saturated rings. The maximum absolute atomic E-state index is 11.9. The van der Waals surface area contributed by atoms with Gasteiger partial charge in [-0.15, -0.1) is 13.2 Å². The van der Waals surface area contributed by atoms with Crippen molar-refractivity contribution >= 4 is 0 Å². The van der Waals surface area contributed by atoms with Gasteiger partial charge in [0.25, 0.3) is 5.56 Å². The molecule has 1 aromatic rings. The van der Waals surface area contributed by atoms with Crippen LogP contribution in [0.1, 0.15) is 5.56 Å². The summed E-state index contributed by atoms with van der Waals surface area (Å²) >= 11 is 0. The van der Waals surface area contributed by atoms with Gasteiger partial charge in [-0.05, 0) is 0 Å². The summed E-state index contributed by atoms with van der Waals surface area (Å²) in [5, 5.41) is 8.45. The summed E-state index contributed by atoms with van der Waals surface area (Å²) in [6.07, 6.45) is -5.19. The molecule has 0 saturated carbocycles. The molecule has 0 aliphatic heterocycles. The number of methoxy groups -OCH3 is 1. The zero-order valence-corrected chi connectivity index (χ0v) is 8.59. The van der Waals surface area contributed by atoms with Crippen molar-refractivity contribution in [1.82, 2.24) is 4.98 Å².